The molecule has 6 rings (SSSR count). The number of hydrogen-bond acceptors (Lipinski definition) is 7. The zero-order valence-electron chi connectivity index (χ0n) is 18.8. The van der Waals surface area contributed by atoms with E-state index in [-0.39, 0.29) is 0 Å². The Morgan fingerprint density at radius 2 is 1.76 bits per heavy atom. The Labute approximate surface area is 197 Å². The number of fused-ring (bicyclic) bond motifs is 3. The van der Waals surface area contributed by atoms with Gasteiger partial charge in [-0.15, -0.1) is 11.3 Å². The highest BCUT2D eigenvalue weighted by Crippen LogP contribution is 2.41. The maximum absolute atomic E-state index is 5.33. The third-order valence-corrected chi connectivity index (χ3v) is 7.88. The molecule has 1 saturated heterocycles. The first kappa shape index (κ1) is 20.4. The van der Waals surface area contributed by atoms with E-state index in [1.54, 1.807) is 13.3 Å². The van der Waals surface area contributed by atoms with E-state index in [2.05, 4.69) is 26.9 Å². The Morgan fingerprint density at radius 1 is 0.909 bits per heavy atom. The topological polar surface area (TPSA) is 54.4 Å². The molecule has 4 heterocycles. The number of hydrogen-bond donors (Lipinski definition) is 0. The molecule has 3 aromatic heterocycles. The van der Waals surface area contributed by atoms with E-state index in [1.807, 2.05) is 41.8 Å². The van der Waals surface area contributed by atoms with Gasteiger partial charge >= 0.3 is 0 Å². The van der Waals surface area contributed by atoms with Crippen LogP contribution in [0.2, 0.25) is 0 Å². The summed E-state index contributed by atoms with van der Waals surface area (Å²) in [4.78, 5) is 22.0. The lowest BCUT2D eigenvalue weighted by Gasteiger charge is -2.25. The number of benzene rings is 1. The lowest BCUT2D eigenvalue weighted by Crippen LogP contribution is -2.31. The van der Waals surface area contributed by atoms with Crippen LogP contribution in [0.1, 0.15) is 23.3 Å². The Bertz CT molecular complexity index is 1270. The quantitative estimate of drug-likeness (QED) is 0.431. The lowest BCUT2D eigenvalue weighted by molar-refractivity contribution is 0.415. The van der Waals surface area contributed by atoms with Gasteiger partial charge in [-0.25, -0.2) is 9.97 Å². The van der Waals surface area contributed by atoms with Crippen molar-refractivity contribution in [2.45, 2.75) is 25.7 Å². The fraction of sp³-hybridized carbons (Fsp3) is 0.346. The first-order chi connectivity index (χ1) is 16.3. The maximum atomic E-state index is 5.33. The zero-order chi connectivity index (χ0) is 22.2. The second-order valence-electron chi connectivity index (χ2n) is 8.68. The van der Waals surface area contributed by atoms with Crippen LogP contribution in [0.5, 0.6) is 5.75 Å². The van der Waals surface area contributed by atoms with Crippen LogP contribution >= 0.6 is 11.3 Å². The highest BCUT2D eigenvalue weighted by molar-refractivity contribution is 7.19. The van der Waals surface area contributed by atoms with Crippen LogP contribution in [0.3, 0.4) is 0 Å². The average molecular weight is 458 g/mol. The molecule has 6 nitrogen and oxygen atoms in total. The van der Waals surface area contributed by atoms with E-state index in [1.165, 1.54) is 34.4 Å². The highest BCUT2D eigenvalue weighted by Gasteiger charge is 2.26. The van der Waals surface area contributed by atoms with Crippen molar-refractivity contribution in [3.05, 3.63) is 59.2 Å². The molecule has 1 fully saturated rings. The minimum Gasteiger partial charge on any atom is -0.497 e. The maximum Gasteiger partial charge on any atom is 0.164 e. The standard InChI is InChI=1S/C26H27N5OS/c1-32-20-10-8-19(9-11-20)30-13-4-14-31(16-15-30)25-23-21-6-2-7-22(21)33-26(23)29-24(28-25)18-5-3-12-27-17-18/h3,5,8-12,17H,2,4,6-7,13-16H2,1H3. The van der Waals surface area contributed by atoms with Gasteiger partial charge in [0.1, 0.15) is 16.4 Å². The number of ether oxygens (including phenoxy) is 1. The summed E-state index contributed by atoms with van der Waals surface area (Å²) in [5.41, 5.74) is 3.71. The van der Waals surface area contributed by atoms with Crippen molar-refractivity contribution in [1.82, 2.24) is 15.0 Å². The number of aryl methyl sites for hydroxylation is 2. The Morgan fingerprint density at radius 3 is 2.58 bits per heavy atom. The molecule has 0 saturated carbocycles. The first-order valence-corrected chi connectivity index (χ1v) is 12.5. The predicted molar refractivity (Wildman–Crippen MR) is 135 cm³/mol. The van der Waals surface area contributed by atoms with E-state index in [0.29, 0.717) is 0 Å². The van der Waals surface area contributed by atoms with Crippen molar-refractivity contribution >= 4 is 33.1 Å². The molecular weight excluding hydrogens is 430 g/mol. The fourth-order valence-corrected chi connectivity index (χ4v) is 6.27. The summed E-state index contributed by atoms with van der Waals surface area (Å²) in [7, 11) is 1.71. The summed E-state index contributed by atoms with van der Waals surface area (Å²) in [5.74, 6) is 2.78. The number of rotatable bonds is 4. The van der Waals surface area contributed by atoms with Crippen LogP contribution in [0.25, 0.3) is 21.6 Å². The number of anilines is 2. The van der Waals surface area contributed by atoms with E-state index >= 15 is 0 Å². The van der Waals surface area contributed by atoms with Crippen molar-refractivity contribution < 1.29 is 4.74 Å². The Hall–Kier alpha value is -3.19. The first-order valence-electron chi connectivity index (χ1n) is 11.7. The Balaban J connectivity index is 1.36. The average Bonchev–Trinajstić information content (AvgIpc) is 3.37. The Kier molecular flexibility index (Phi) is 5.34. The summed E-state index contributed by atoms with van der Waals surface area (Å²) in [6.07, 6.45) is 8.30. The van der Waals surface area contributed by atoms with Crippen molar-refractivity contribution in [3.63, 3.8) is 0 Å². The molecule has 0 radical (unpaired) electrons. The number of methoxy groups -OCH3 is 1. The van der Waals surface area contributed by atoms with Gasteiger partial charge in [0.2, 0.25) is 0 Å². The molecule has 0 atom stereocenters. The SMILES string of the molecule is COc1ccc(N2CCCN(c3nc(-c4cccnc4)nc4sc5c(c34)CCC5)CC2)cc1. The molecule has 0 N–H and O–H groups in total. The van der Waals surface area contributed by atoms with Gasteiger partial charge in [-0.2, -0.15) is 0 Å². The fourth-order valence-electron chi connectivity index (χ4n) is 5.01. The van der Waals surface area contributed by atoms with Crippen molar-refractivity contribution in [1.29, 1.82) is 0 Å². The van der Waals surface area contributed by atoms with Crippen LogP contribution in [0.4, 0.5) is 11.5 Å². The molecular formula is C26H27N5OS. The molecule has 2 aliphatic rings. The monoisotopic (exact) mass is 457 g/mol. The summed E-state index contributed by atoms with van der Waals surface area (Å²) in [5, 5.41) is 1.29. The van der Waals surface area contributed by atoms with Gasteiger partial charge < -0.3 is 14.5 Å². The van der Waals surface area contributed by atoms with Crippen LogP contribution in [-0.2, 0) is 12.8 Å². The summed E-state index contributed by atoms with van der Waals surface area (Å²) < 4.78 is 5.33. The normalized spacial score (nSPS) is 16.2. The van der Waals surface area contributed by atoms with Gasteiger partial charge in [-0.1, -0.05) is 0 Å². The van der Waals surface area contributed by atoms with Gasteiger partial charge in [-0.3, -0.25) is 4.98 Å². The van der Waals surface area contributed by atoms with Crippen LogP contribution < -0.4 is 14.5 Å². The van der Waals surface area contributed by atoms with E-state index in [9.17, 15) is 0 Å². The minimum absolute atomic E-state index is 0.779. The molecule has 7 heteroatoms. The molecule has 0 unspecified atom stereocenters. The third-order valence-electron chi connectivity index (χ3n) is 6.70. The largest absolute Gasteiger partial charge is 0.497 e. The second kappa shape index (κ2) is 8.63. The molecule has 0 bridgehead atoms. The molecule has 4 aromatic rings. The van der Waals surface area contributed by atoms with Crippen LogP contribution in [0.15, 0.2) is 48.8 Å². The number of nitrogens with zero attached hydrogens (tertiary/aromatic N) is 5. The minimum atomic E-state index is 0.779. The highest BCUT2D eigenvalue weighted by atomic mass is 32.1. The summed E-state index contributed by atoms with van der Waals surface area (Å²) >= 11 is 1.86. The molecule has 168 valence electrons. The molecule has 0 amide bonds. The van der Waals surface area contributed by atoms with Gasteiger partial charge in [0.05, 0.1) is 12.5 Å². The van der Waals surface area contributed by atoms with E-state index < -0.39 is 0 Å². The van der Waals surface area contributed by atoms with Crippen LogP contribution in [-0.4, -0.2) is 48.2 Å². The number of aromatic nitrogens is 3. The molecule has 0 spiro atoms. The summed E-state index contributed by atoms with van der Waals surface area (Å²) in [6, 6.07) is 12.4. The number of pyridine rings is 1. The van der Waals surface area contributed by atoms with E-state index in [0.717, 1.165) is 66.8 Å². The zero-order valence-corrected chi connectivity index (χ0v) is 19.6. The van der Waals surface area contributed by atoms with E-state index in [4.69, 9.17) is 14.7 Å². The van der Waals surface area contributed by atoms with Gasteiger partial charge in [0, 0.05) is 54.7 Å². The van der Waals surface area contributed by atoms with Gasteiger partial charge in [0.15, 0.2) is 5.82 Å². The third kappa shape index (κ3) is 3.80. The van der Waals surface area contributed by atoms with Gasteiger partial charge in [0.25, 0.3) is 0 Å². The summed E-state index contributed by atoms with van der Waals surface area (Å²) in [6.45, 7) is 3.94. The van der Waals surface area contributed by atoms with Gasteiger partial charge in [-0.05, 0) is 67.6 Å². The van der Waals surface area contributed by atoms with Crippen molar-refractivity contribution in [2.75, 3.05) is 43.1 Å². The van der Waals surface area contributed by atoms with Crippen molar-refractivity contribution in [3.8, 4) is 17.1 Å². The second-order valence-corrected chi connectivity index (χ2v) is 9.76. The van der Waals surface area contributed by atoms with Crippen LogP contribution in [0, 0.1) is 0 Å². The lowest BCUT2D eigenvalue weighted by atomic mass is 10.1. The number of thiophene rings is 1. The van der Waals surface area contributed by atoms with Crippen molar-refractivity contribution in [2.24, 2.45) is 0 Å². The molecule has 1 aliphatic heterocycles. The molecule has 33 heavy (non-hydrogen) atoms. The predicted octanol–water partition coefficient (Wildman–Crippen LogP) is 4.97. The molecule has 1 aliphatic carbocycles. The molecule has 1 aromatic carbocycles. The smallest absolute Gasteiger partial charge is 0.164 e.